The lowest BCUT2D eigenvalue weighted by Crippen LogP contribution is -2.23. The first-order valence-electron chi connectivity index (χ1n) is 10.6. The fraction of sp³-hybridized carbons (Fsp3) is 0.320. The zero-order valence-corrected chi connectivity index (χ0v) is 22.5. The van der Waals surface area contributed by atoms with Crippen molar-refractivity contribution >= 4 is 40.8 Å². The van der Waals surface area contributed by atoms with E-state index in [0.717, 1.165) is 10.2 Å². The molecule has 0 saturated carbocycles. The summed E-state index contributed by atoms with van der Waals surface area (Å²) in [4.78, 5) is 22.5. The van der Waals surface area contributed by atoms with Crippen LogP contribution < -0.4 is 15.2 Å². The molecule has 0 spiro atoms. The highest BCUT2D eigenvalue weighted by Gasteiger charge is 2.24. The number of rotatable bonds is 6. The van der Waals surface area contributed by atoms with Crippen LogP contribution in [0.1, 0.15) is 39.1 Å². The third-order valence-electron chi connectivity index (χ3n) is 4.52. The van der Waals surface area contributed by atoms with E-state index in [1.807, 2.05) is 27.7 Å². The van der Waals surface area contributed by atoms with Gasteiger partial charge < -0.3 is 19.0 Å². The highest BCUT2D eigenvalue weighted by molar-refractivity contribution is 6.36. The van der Waals surface area contributed by atoms with Crippen molar-refractivity contribution in [1.29, 1.82) is 0 Å². The molecule has 0 amide bonds. The number of benzene rings is 2. The molecule has 0 saturated heterocycles. The molecule has 1 atom stereocenters. The Morgan fingerprint density at radius 1 is 1.19 bits per heavy atom. The minimum absolute atomic E-state index is 0.0434. The molecule has 1 unspecified atom stereocenters. The molecule has 0 aliphatic heterocycles. The van der Waals surface area contributed by atoms with Crippen molar-refractivity contribution in [2.45, 2.75) is 46.1 Å². The van der Waals surface area contributed by atoms with Crippen LogP contribution in [-0.2, 0) is 10.2 Å². The van der Waals surface area contributed by atoms with Crippen molar-refractivity contribution in [2.75, 3.05) is 6.61 Å². The van der Waals surface area contributed by atoms with Crippen molar-refractivity contribution in [3.8, 4) is 29.5 Å². The van der Waals surface area contributed by atoms with Gasteiger partial charge in [-0.05, 0) is 43.7 Å². The lowest BCUT2D eigenvalue weighted by Gasteiger charge is -2.12. The van der Waals surface area contributed by atoms with Crippen molar-refractivity contribution in [2.24, 2.45) is 0 Å². The van der Waals surface area contributed by atoms with E-state index in [-0.39, 0.29) is 16.7 Å². The largest absolute Gasteiger partial charge is 0.479 e. The number of carboxylic acids is 1. The molecule has 2 aromatic carbocycles. The third-order valence-corrected chi connectivity index (χ3v) is 5.35. The minimum atomic E-state index is -0.987. The SMILES string of the molecule is C#CCOc1cc(-n2nc(C(C)(C)C)oc2=O)c(Cl)cc1Cl.Cc1cc(Cl)ccc1OC(C)C(=O)O. The van der Waals surface area contributed by atoms with Crippen molar-refractivity contribution < 1.29 is 23.8 Å². The number of hydrogen-bond donors (Lipinski definition) is 1. The molecule has 0 aliphatic rings. The standard InChI is InChI=1S/C15H14Cl2N2O3.C10H11ClO3/c1-5-6-21-12-8-11(9(16)7-10(12)17)19-14(20)22-13(18-19)15(2,3)4;1-6-5-8(11)3-4-9(6)14-7(2)10(12)13/h1,7-8H,6H2,2-4H3;3-5,7H,1-2H3,(H,12,13). The molecule has 192 valence electrons. The lowest BCUT2D eigenvalue weighted by molar-refractivity contribution is -0.144. The van der Waals surface area contributed by atoms with Crippen molar-refractivity contribution in [3.05, 3.63) is 67.4 Å². The summed E-state index contributed by atoms with van der Waals surface area (Å²) in [5, 5.41) is 14.0. The van der Waals surface area contributed by atoms with Crippen LogP contribution in [0, 0.1) is 19.3 Å². The molecule has 1 aromatic heterocycles. The number of aryl methyl sites for hydroxylation is 1. The lowest BCUT2D eigenvalue weighted by atomic mass is 9.97. The molecule has 3 aromatic rings. The normalized spacial score (nSPS) is 11.6. The van der Waals surface area contributed by atoms with Crippen LogP contribution in [0.15, 0.2) is 39.5 Å². The van der Waals surface area contributed by atoms with E-state index in [1.165, 1.54) is 19.1 Å². The summed E-state index contributed by atoms with van der Waals surface area (Å²) >= 11 is 17.9. The van der Waals surface area contributed by atoms with E-state index in [1.54, 1.807) is 18.2 Å². The monoisotopic (exact) mass is 554 g/mol. The van der Waals surface area contributed by atoms with Crippen LogP contribution in [-0.4, -0.2) is 33.6 Å². The van der Waals surface area contributed by atoms with Gasteiger partial charge >= 0.3 is 11.7 Å². The summed E-state index contributed by atoms with van der Waals surface area (Å²) in [6.07, 6.45) is 4.30. The number of nitrogens with zero attached hydrogens (tertiary/aromatic N) is 2. The molecule has 1 heterocycles. The van der Waals surface area contributed by atoms with E-state index in [2.05, 4.69) is 11.0 Å². The fourth-order valence-corrected chi connectivity index (χ4v) is 3.37. The minimum Gasteiger partial charge on any atom is -0.479 e. The number of carboxylic acid groups (broad SMARTS) is 1. The predicted octanol–water partition coefficient (Wildman–Crippen LogP) is 5.94. The average molecular weight is 556 g/mol. The third kappa shape index (κ3) is 7.69. The Kier molecular flexibility index (Phi) is 9.88. The highest BCUT2D eigenvalue weighted by Crippen LogP contribution is 2.33. The summed E-state index contributed by atoms with van der Waals surface area (Å²) in [6, 6.07) is 8.02. The molecule has 8 nitrogen and oxygen atoms in total. The molecule has 1 N–H and O–H groups in total. The number of ether oxygens (including phenoxy) is 2. The average Bonchev–Trinajstić information content (AvgIpc) is 3.17. The highest BCUT2D eigenvalue weighted by atomic mass is 35.5. The molecule has 11 heteroatoms. The summed E-state index contributed by atoms with van der Waals surface area (Å²) < 4.78 is 16.8. The summed E-state index contributed by atoms with van der Waals surface area (Å²) in [5.41, 5.74) is 0.722. The van der Waals surface area contributed by atoms with Gasteiger partial charge in [0.2, 0.25) is 5.89 Å². The molecule has 0 fully saturated rings. The number of carbonyl (C=O) groups is 1. The van der Waals surface area contributed by atoms with Crippen LogP contribution in [0.5, 0.6) is 11.5 Å². The van der Waals surface area contributed by atoms with Crippen molar-refractivity contribution in [3.63, 3.8) is 0 Å². The van der Waals surface area contributed by atoms with E-state index in [0.29, 0.717) is 28.1 Å². The number of aromatic nitrogens is 2. The van der Waals surface area contributed by atoms with Gasteiger partial charge in [0.25, 0.3) is 0 Å². The van der Waals surface area contributed by atoms with Gasteiger partial charge in [-0.3, -0.25) is 0 Å². The van der Waals surface area contributed by atoms with Gasteiger partial charge in [0.1, 0.15) is 18.1 Å². The maximum absolute atomic E-state index is 12.0. The maximum atomic E-state index is 12.0. The Labute approximate surface area is 223 Å². The summed E-state index contributed by atoms with van der Waals surface area (Å²) in [6.45, 7) is 8.99. The van der Waals surface area contributed by atoms with E-state index < -0.39 is 23.2 Å². The smallest absolute Gasteiger partial charge is 0.442 e. The zero-order chi connectivity index (χ0) is 27.2. The molecule has 0 bridgehead atoms. The predicted molar refractivity (Wildman–Crippen MR) is 139 cm³/mol. The van der Waals surface area contributed by atoms with Gasteiger partial charge in [0, 0.05) is 16.5 Å². The van der Waals surface area contributed by atoms with E-state index in [4.69, 9.17) is 60.2 Å². The van der Waals surface area contributed by atoms with E-state index >= 15 is 0 Å². The van der Waals surface area contributed by atoms with Crippen LogP contribution in [0.4, 0.5) is 0 Å². The number of terminal acetylenes is 1. The number of aliphatic carboxylic acids is 1. The van der Waals surface area contributed by atoms with Gasteiger partial charge in [0.05, 0.1) is 15.7 Å². The molecule has 0 aliphatic carbocycles. The molecule has 36 heavy (non-hydrogen) atoms. The maximum Gasteiger partial charge on any atom is 0.442 e. The van der Waals surface area contributed by atoms with Crippen LogP contribution in [0.3, 0.4) is 0 Å². The zero-order valence-electron chi connectivity index (χ0n) is 20.3. The molecule has 3 rings (SSSR count). The van der Waals surface area contributed by atoms with Crippen LogP contribution in [0.25, 0.3) is 5.69 Å². The number of halogens is 3. The van der Waals surface area contributed by atoms with E-state index in [9.17, 15) is 9.59 Å². The molecular weight excluding hydrogens is 531 g/mol. The van der Waals surface area contributed by atoms with Gasteiger partial charge in [-0.25, -0.2) is 9.59 Å². The second-order valence-electron chi connectivity index (χ2n) is 8.57. The van der Waals surface area contributed by atoms with Crippen molar-refractivity contribution in [1.82, 2.24) is 9.78 Å². The van der Waals surface area contributed by atoms with Gasteiger partial charge in [-0.15, -0.1) is 11.5 Å². The van der Waals surface area contributed by atoms with Crippen LogP contribution in [0.2, 0.25) is 15.1 Å². The van der Waals surface area contributed by atoms with Gasteiger partial charge in [0.15, 0.2) is 6.10 Å². The Bertz CT molecular complexity index is 1340. The fourth-order valence-electron chi connectivity index (χ4n) is 2.63. The topological polar surface area (TPSA) is 104 Å². The molecular formula is C25H25Cl3N2O6. The second-order valence-corrected chi connectivity index (χ2v) is 9.82. The second kappa shape index (κ2) is 12.2. The first-order valence-corrected chi connectivity index (χ1v) is 11.7. The Balaban J connectivity index is 0.000000281. The summed E-state index contributed by atoms with van der Waals surface area (Å²) in [7, 11) is 0. The first kappa shape index (κ1) is 29.1. The Morgan fingerprint density at radius 3 is 2.39 bits per heavy atom. The van der Waals surface area contributed by atoms with Gasteiger partial charge in [-0.1, -0.05) is 61.5 Å². The Morgan fingerprint density at radius 2 is 1.86 bits per heavy atom. The van der Waals surface area contributed by atoms with Crippen LogP contribution >= 0.6 is 34.8 Å². The number of hydrogen-bond acceptors (Lipinski definition) is 6. The Hall–Kier alpha value is -3.12. The quantitative estimate of drug-likeness (QED) is 0.375. The molecule has 0 radical (unpaired) electrons. The summed E-state index contributed by atoms with van der Waals surface area (Å²) in [5.74, 6) is 1.87. The first-order chi connectivity index (χ1) is 16.7. The van der Waals surface area contributed by atoms with Gasteiger partial charge in [-0.2, -0.15) is 4.68 Å².